The summed E-state index contributed by atoms with van der Waals surface area (Å²) in [6.07, 6.45) is 0.706. The van der Waals surface area contributed by atoms with Crippen molar-refractivity contribution in [3.8, 4) is 17.2 Å². The molecule has 1 aliphatic heterocycles. The van der Waals surface area contributed by atoms with Crippen LogP contribution >= 0.6 is 24.8 Å². The van der Waals surface area contributed by atoms with Gasteiger partial charge in [0, 0.05) is 37.8 Å². The first-order valence-corrected chi connectivity index (χ1v) is 6.83. The van der Waals surface area contributed by atoms with E-state index in [1.807, 2.05) is 6.92 Å². The second-order valence-electron chi connectivity index (χ2n) is 5.33. The van der Waals surface area contributed by atoms with Crippen LogP contribution in [0.5, 0.6) is 17.2 Å². The average Bonchev–Trinajstić information content (AvgIpc) is 2.44. The second-order valence-corrected chi connectivity index (χ2v) is 5.33. The molecule has 1 aromatic carbocycles. The van der Waals surface area contributed by atoms with E-state index in [2.05, 4.69) is 16.8 Å². The van der Waals surface area contributed by atoms with Gasteiger partial charge in [0.05, 0.1) is 0 Å². The van der Waals surface area contributed by atoms with E-state index in [4.69, 9.17) is 0 Å². The van der Waals surface area contributed by atoms with E-state index in [1.54, 1.807) is 6.07 Å². The molecule has 4 N–H and O–H groups in total. The fourth-order valence-electron chi connectivity index (χ4n) is 2.61. The Labute approximate surface area is 143 Å². The van der Waals surface area contributed by atoms with Gasteiger partial charge in [-0.25, -0.2) is 0 Å². The number of hydrogen-bond donors (Lipinski definition) is 4. The lowest BCUT2D eigenvalue weighted by Crippen LogP contribution is -2.45. The third-order valence-electron chi connectivity index (χ3n) is 3.65. The molecule has 0 spiro atoms. The van der Waals surface area contributed by atoms with Gasteiger partial charge in [0.25, 0.3) is 0 Å². The number of phenols is 3. The highest BCUT2D eigenvalue weighted by atomic mass is 35.5. The van der Waals surface area contributed by atoms with E-state index in [9.17, 15) is 15.3 Å². The minimum Gasteiger partial charge on any atom is -0.504 e. The summed E-state index contributed by atoms with van der Waals surface area (Å²) < 4.78 is 0. The van der Waals surface area contributed by atoms with E-state index in [0.29, 0.717) is 12.0 Å². The van der Waals surface area contributed by atoms with Gasteiger partial charge in [0.2, 0.25) is 5.75 Å². The molecule has 1 aliphatic rings. The van der Waals surface area contributed by atoms with Crippen LogP contribution in [-0.4, -0.2) is 46.4 Å². The van der Waals surface area contributed by atoms with Gasteiger partial charge in [-0.2, -0.15) is 0 Å². The average molecular weight is 351 g/mol. The van der Waals surface area contributed by atoms with Crippen molar-refractivity contribution in [3.63, 3.8) is 0 Å². The van der Waals surface area contributed by atoms with Crippen molar-refractivity contribution in [2.75, 3.05) is 26.2 Å². The molecule has 7 heteroatoms. The highest BCUT2D eigenvalue weighted by molar-refractivity contribution is 5.85. The molecule has 0 radical (unpaired) electrons. The van der Waals surface area contributed by atoms with Crippen LogP contribution in [-0.2, 0) is 0 Å². The molecule has 1 heterocycles. The summed E-state index contributed by atoms with van der Waals surface area (Å²) in [5.74, 6) is -1.00. The topological polar surface area (TPSA) is 76.0 Å². The number of nitrogens with one attached hydrogen (secondary N) is 1. The van der Waals surface area contributed by atoms with Crippen LogP contribution in [0.2, 0.25) is 0 Å². The third-order valence-corrected chi connectivity index (χ3v) is 3.65. The van der Waals surface area contributed by atoms with E-state index in [1.165, 1.54) is 6.07 Å². The number of aromatic hydroxyl groups is 3. The molecule has 1 atom stereocenters. The van der Waals surface area contributed by atoms with Crippen LogP contribution in [0.1, 0.15) is 24.9 Å². The molecule has 22 heavy (non-hydrogen) atoms. The molecule has 0 amide bonds. The second kappa shape index (κ2) is 9.10. The molecule has 1 fully saturated rings. The van der Waals surface area contributed by atoms with Gasteiger partial charge in [-0.15, -0.1) is 31.4 Å². The van der Waals surface area contributed by atoms with Crippen molar-refractivity contribution in [1.82, 2.24) is 10.2 Å². The Morgan fingerprint density at radius 2 is 1.77 bits per heavy atom. The quantitative estimate of drug-likeness (QED) is 0.496. The largest absolute Gasteiger partial charge is 0.504 e. The molecule has 1 aromatic rings. The smallest absolute Gasteiger partial charge is 0.200 e. The highest BCUT2D eigenvalue weighted by Gasteiger charge is 2.26. The van der Waals surface area contributed by atoms with E-state index >= 15 is 0 Å². The van der Waals surface area contributed by atoms with Crippen molar-refractivity contribution in [2.45, 2.75) is 19.4 Å². The van der Waals surface area contributed by atoms with Crippen LogP contribution in [0, 0.1) is 0 Å². The molecule has 0 aromatic heterocycles. The normalized spacial score (nSPS) is 16.2. The molecule has 0 unspecified atom stereocenters. The van der Waals surface area contributed by atoms with Crippen LogP contribution in [0.15, 0.2) is 24.3 Å². The highest BCUT2D eigenvalue weighted by Crippen LogP contribution is 2.42. The Balaban J connectivity index is 0.00000220. The van der Waals surface area contributed by atoms with Crippen molar-refractivity contribution < 1.29 is 15.3 Å². The maximum atomic E-state index is 10.1. The SMILES string of the molecule is C=C(C)C[C@H](c1ccc(O)c(O)c1O)N1CCNCC1.Cl.Cl. The summed E-state index contributed by atoms with van der Waals surface area (Å²) in [7, 11) is 0. The lowest BCUT2D eigenvalue weighted by molar-refractivity contribution is 0.169. The minimum atomic E-state index is -0.454. The maximum Gasteiger partial charge on any atom is 0.200 e. The molecule has 126 valence electrons. The van der Waals surface area contributed by atoms with Gasteiger partial charge in [-0.05, 0) is 25.5 Å². The minimum absolute atomic E-state index is 0. The first-order valence-electron chi connectivity index (χ1n) is 6.83. The van der Waals surface area contributed by atoms with Crippen LogP contribution < -0.4 is 5.32 Å². The van der Waals surface area contributed by atoms with Gasteiger partial charge in [-0.1, -0.05) is 5.57 Å². The number of halogens is 2. The lowest BCUT2D eigenvalue weighted by Gasteiger charge is -2.35. The van der Waals surface area contributed by atoms with Crippen molar-refractivity contribution in [2.24, 2.45) is 0 Å². The summed E-state index contributed by atoms with van der Waals surface area (Å²) in [4.78, 5) is 2.26. The molecular formula is C15H24Cl2N2O3. The van der Waals surface area contributed by atoms with E-state index in [0.717, 1.165) is 31.8 Å². The van der Waals surface area contributed by atoms with Gasteiger partial charge in [0.1, 0.15) is 0 Å². The molecule has 0 saturated carbocycles. The number of phenolic OH excluding ortho intramolecular Hbond substituents is 3. The number of hydrogen-bond acceptors (Lipinski definition) is 5. The fraction of sp³-hybridized carbons (Fsp3) is 0.467. The van der Waals surface area contributed by atoms with Gasteiger partial charge >= 0.3 is 0 Å². The number of piperazine rings is 1. The maximum absolute atomic E-state index is 10.1. The van der Waals surface area contributed by atoms with Crippen LogP contribution in [0.25, 0.3) is 0 Å². The standard InChI is InChI=1S/C15H22N2O3.2ClH/c1-10(2)9-12(17-7-5-16-6-8-17)11-3-4-13(18)15(20)14(11)19;;/h3-4,12,16,18-20H,1,5-9H2,2H3;2*1H/t12-;;/m1../s1. The molecular weight excluding hydrogens is 327 g/mol. The predicted octanol–water partition coefficient (Wildman–Crippen LogP) is 2.56. The van der Waals surface area contributed by atoms with Crippen LogP contribution in [0.4, 0.5) is 0 Å². The van der Waals surface area contributed by atoms with Gasteiger partial charge < -0.3 is 20.6 Å². The van der Waals surface area contributed by atoms with Crippen LogP contribution in [0.3, 0.4) is 0 Å². The predicted molar refractivity (Wildman–Crippen MR) is 92.5 cm³/mol. The fourth-order valence-corrected chi connectivity index (χ4v) is 2.61. The Kier molecular flexibility index (Phi) is 8.63. The first kappa shape index (κ1) is 20.9. The molecule has 1 saturated heterocycles. The monoisotopic (exact) mass is 350 g/mol. The zero-order chi connectivity index (χ0) is 14.7. The number of nitrogens with zero attached hydrogens (tertiary/aromatic N) is 1. The number of rotatable bonds is 4. The molecule has 5 nitrogen and oxygen atoms in total. The Hall–Kier alpha value is -1.14. The lowest BCUT2D eigenvalue weighted by atomic mass is 9.96. The summed E-state index contributed by atoms with van der Waals surface area (Å²) in [5, 5.41) is 32.6. The Bertz CT molecular complexity index is 506. The van der Waals surface area contributed by atoms with Gasteiger partial charge in [-0.3, -0.25) is 4.90 Å². The third kappa shape index (κ3) is 4.68. The molecule has 0 bridgehead atoms. The Morgan fingerprint density at radius 1 is 1.18 bits per heavy atom. The summed E-state index contributed by atoms with van der Waals surface area (Å²) in [5.41, 5.74) is 1.64. The van der Waals surface area contributed by atoms with E-state index in [-0.39, 0.29) is 42.4 Å². The summed E-state index contributed by atoms with van der Waals surface area (Å²) >= 11 is 0. The van der Waals surface area contributed by atoms with Gasteiger partial charge in [0.15, 0.2) is 11.5 Å². The first-order chi connectivity index (χ1) is 9.50. The summed E-state index contributed by atoms with van der Waals surface area (Å²) in [6.45, 7) is 9.45. The number of benzene rings is 1. The Morgan fingerprint density at radius 3 is 2.32 bits per heavy atom. The molecule has 0 aliphatic carbocycles. The van der Waals surface area contributed by atoms with Crippen molar-refractivity contribution in [3.05, 3.63) is 29.8 Å². The zero-order valence-corrected chi connectivity index (χ0v) is 14.2. The molecule has 2 rings (SSSR count). The summed E-state index contributed by atoms with van der Waals surface area (Å²) in [6, 6.07) is 3.04. The van der Waals surface area contributed by atoms with Crippen molar-refractivity contribution >= 4 is 24.8 Å². The van der Waals surface area contributed by atoms with E-state index < -0.39 is 5.75 Å². The zero-order valence-electron chi connectivity index (χ0n) is 12.6. The van der Waals surface area contributed by atoms with Crippen molar-refractivity contribution in [1.29, 1.82) is 0 Å².